The number of amides is 2. The molecule has 9 heteroatoms. The third-order valence-corrected chi connectivity index (χ3v) is 4.91. The Hall–Kier alpha value is -3.21. The molecular weight excluding hydrogens is 465 g/mol. The van der Waals surface area contributed by atoms with Crippen LogP contribution in [-0.4, -0.2) is 37.8 Å². The molecule has 0 spiro atoms. The first-order chi connectivity index (χ1) is 15.7. The third kappa shape index (κ3) is 8.01. The zero-order valence-corrected chi connectivity index (χ0v) is 20.0. The molecule has 2 N–H and O–H groups in total. The Morgan fingerprint density at radius 3 is 2.52 bits per heavy atom. The summed E-state index contributed by atoms with van der Waals surface area (Å²) in [4.78, 5) is 25.2. The van der Waals surface area contributed by atoms with Gasteiger partial charge in [0.15, 0.2) is 11.5 Å². The summed E-state index contributed by atoms with van der Waals surface area (Å²) in [5.41, 5.74) is 3.43. The van der Waals surface area contributed by atoms with E-state index in [-0.39, 0.29) is 23.5 Å². The lowest BCUT2D eigenvalue weighted by molar-refractivity contribution is -0.123. The SMILES string of the molecule is C#CCOc1c(Cl)cc(/C=N/NC(=O)C(CC(C)C)NC(=O)c2ccc(Cl)cc2)cc1OC. The predicted octanol–water partition coefficient (Wildman–Crippen LogP) is 4.31. The number of carbonyl (C=O) groups is 2. The molecule has 174 valence electrons. The molecular formula is C24H25Cl2N3O4. The summed E-state index contributed by atoms with van der Waals surface area (Å²) in [5, 5.41) is 7.54. The molecule has 0 aliphatic rings. The standard InChI is InChI=1S/C24H25Cl2N3O4/c1-5-10-33-22-19(26)12-16(13-21(22)32-4)14-27-29-24(31)20(11-15(2)3)28-23(30)17-6-8-18(25)9-7-17/h1,6-9,12-15,20H,10-11H2,2-4H3,(H,28,30)(H,29,31)/b27-14+. The maximum Gasteiger partial charge on any atom is 0.262 e. The number of ether oxygens (including phenoxy) is 2. The first-order valence-electron chi connectivity index (χ1n) is 10.1. The lowest BCUT2D eigenvalue weighted by atomic mass is 10.0. The largest absolute Gasteiger partial charge is 0.493 e. The molecule has 0 fully saturated rings. The van der Waals surface area contributed by atoms with E-state index in [9.17, 15) is 9.59 Å². The molecule has 33 heavy (non-hydrogen) atoms. The van der Waals surface area contributed by atoms with Crippen molar-refractivity contribution in [2.24, 2.45) is 11.0 Å². The van der Waals surface area contributed by atoms with Crippen LogP contribution in [0.4, 0.5) is 0 Å². The Kier molecular flexibility index (Phi) is 10.0. The highest BCUT2D eigenvalue weighted by Gasteiger charge is 2.22. The van der Waals surface area contributed by atoms with Crippen LogP contribution < -0.4 is 20.2 Å². The number of nitrogens with zero attached hydrogens (tertiary/aromatic N) is 1. The second kappa shape index (κ2) is 12.7. The van der Waals surface area contributed by atoms with Crippen LogP contribution in [0, 0.1) is 18.3 Å². The maximum absolute atomic E-state index is 12.7. The number of hydrazone groups is 1. The van der Waals surface area contributed by atoms with Crippen LogP contribution >= 0.6 is 23.2 Å². The van der Waals surface area contributed by atoms with Gasteiger partial charge in [-0.2, -0.15) is 5.10 Å². The molecule has 2 amide bonds. The van der Waals surface area contributed by atoms with E-state index in [1.54, 1.807) is 36.4 Å². The molecule has 1 unspecified atom stereocenters. The Morgan fingerprint density at radius 2 is 1.91 bits per heavy atom. The number of halogens is 2. The van der Waals surface area contributed by atoms with Gasteiger partial charge in [0.05, 0.1) is 18.3 Å². The first kappa shape index (κ1) is 26.0. The Bertz CT molecular complexity index is 1050. The van der Waals surface area contributed by atoms with Crippen LogP contribution in [0.2, 0.25) is 10.0 Å². The number of carbonyl (C=O) groups excluding carboxylic acids is 2. The molecule has 1 atom stereocenters. The second-order valence-corrected chi connectivity index (χ2v) is 8.27. The van der Waals surface area contributed by atoms with E-state index in [0.29, 0.717) is 34.1 Å². The minimum atomic E-state index is -0.775. The van der Waals surface area contributed by atoms with Crippen LogP contribution in [0.25, 0.3) is 0 Å². The van der Waals surface area contributed by atoms with E-state index >= 15 is 0 Å². The minimum Gasteiger partial charge on any atom is -0.493 e. The number of nitrogens with one attached hydrogen (secondary N) is 2. The number of hydrogen-bond acceptors (Lipinski definition) is 5. The first-order valence-corrected chi connectivity index (χ1v) is 10.8. The van der Waals surface area contributed by atoms with Crippen LogP contribution in [-0.2, 0) is 4.79 Å². The third-order valence-electron chi connectivity index (χ3n) is 4.38. The Balaban J connectivity index is 2.10. The smallest absolute Gasteiger partial charge is 0.262 e. The molecule has 2 rings (SSSR count). The molecule has 0 heterocycles. The predicted molar refractivity (Wildman–Crippen MR) is 130 cm³/mol. The molecule has 2 aromatic rings. The van der Waals surface area contributed by atoms with Gasteiger partial charge in [0.1, 0.15) is 12.6 Å². The van der Waals surface area contributed by atoms with Gasteiger partial charge in [0.25, 0.3) is 11.8 Å². The fraction of sp³-hybridized carbons (Fsp3) is 0.292. The van der Waals surface area contributed by atoms with Gasteiger partial charge >= 0.3 is 0 Å². The van der Waals surface area contributed by atoms with Gasteiger partial charge in [0.2, 0.25) is 0 Å². The van der Waals surface area contributed by atoms with Crippen molar-refractivity contribution in [3.05, 3.63) is 57.6 Å². The fourth-order valence-corrected chi connectivity index (χ4v) is 3.26. The second-order valence-electron chi connectivity index (χ2n) is 7.42. The summed E-state index contributed by atoms with van der Waals surface area (Å²) in [7, 11) is 1.47. The lowest BCUT2D eigenvalue weighted by Crippen LogP contribution is -2.46. The summed E-state index contributed by atoms with van der Waals surface area (Å²) in [6.45, 7) is 3.95. The van der Waals surface area contributed by atoms with Gasteiger partial charge < -0.3 is 14.8 Å². The average molecular weight is 490 g/mol. The Morgan fingerprint density at radius 1 is 1.21 bits per heavy atom. The number of hydrogen-bond donors (Lipinski definition) is 2. The van der Waals surface area contributed by atoms with Gasteiger partial charge in [-0.25, -0.2) is 5.43 Å². The van der Waals surface area contributed by atoms with Crippen molar-refractivity contribution in [1.82, 2.24) is 10.7 Å². The van der Waals surface area contributed by atoms with Crippen molar-refractivity contribution in [1.29, 1.82) is 0 Å². The number of benzene rings is 2. The van der Waals surface area contributed by atoms with Crippen molar-refractivity contribution < 1.29 is 19.1 Å². The summed E-state index contributed by atoms with van der Waals surface area (Å²) in [6, 6.07) is 8.87. The molecule has 0 radical (unpaired) electrons. The van der Waals surface area contributed by atoms with E-state index in [2.05, 4.69) is 21.8 Å². The van der Waals surface area contributed by atoms with Gasteiger partial charge in [0, 0.05) is 10.6 Å². The maximum atomic E-state index is 12.7. The van der Waals surface area contributed by atoms with Crippen molar-refractivity contribution in [3.63, 3.8) is 0 Å². The highest BCUT2D eigenvalue weighted by atomic mass is 35.5. The fourth-order valence-electron chi connectivity index (χ4n) is 2.86. The number of methoxy groups -OCH3 is 1. The lowest BCUT2D eigenvalue weighted by Gasteiger charge is -2.19. The van der Waals surface area contributed by atoms with Gasteiger partial charge in [-0.05, 0) is 54.3 Å². The minimum absolute atomic E-state index is 0.0402. The molecule has 2 aromatic carbocycles. The van der Waals surface area contributed by atoms with Crippen molar-refractivity contribution in [2.45, 2.75) is 26.3 Å². The highest BCUT2D eigenvalue weighted by molar-refractivity contribution is 6.32. The van der Waals surface area contributed by atoms with E-state index in [1.165, 1.54) is 13.3 Å². The summed E-state index contributed by atoms with van der Waals surface area (Å²) in [5.74, 6) is 2.39. The van der Waals surface area contributed by atoms with E-state index < -0.39 is 11.9 Å². The van der Waals surface area contributed by atoms with Gasteiger partial charge in [-0.1, -0.05) is 43.0 Å². The summed E-state index contributed by atoms with van der Waals surface area (Å²) >= 11 is 12.1. The molecule has 7 nitrogen and oxygen atoms in total. The molecule has 0 aliphatic carbocycles. The van der Waals surface area contributed by atoms with E-state index in [1.807, 2.05) is 13.8 Å². The van der Waals surface area contributed by atoms with Crippen LogP contribution in [0.1, 0.15) is 36.2 Å². The van der Waals surface area contributed by atoms with Crippen molar-refractivity contribution >= 4 is 41.2 Å². The van der Waals surface area contributed by atoms with E-state index in [4.69, 9.17) is 39.1 Å². The zero-order valence-electron chi connectivity index (χ0n) is 18.5. The summed E-state index contributed by atoms with van der Waals surface area (Å²) in [6.07, 6.45) is 7.05. The normalized spacial score (nSPS) is 11.7. The quantitative estimate of drug-likeness (QED) is 0.295. The molecule has 0 aromatic heterocycles. The number of terminal acetylenes is 1. The summed E-state index contributed by atoms with van der Waals surface area (Å²) < 4.78 is 10.7. The molecule has 0 saturated carbocycles. The van der Waals surface area contributed by atoms with E-state index in [0.717, 1.165) is 0 Å². The van der Waals surface area contributed by atoms with Crippen LogP contribution in [0.15, 0.2) is 41.5 Å². The molecule has 0 saturated heterocycles. The van der Waals surface area contributed by atoms with Crippen LogP contribution in [0.3, 0.4) is 0 Å². The topological polar surface area (TPSA) is 89.0 Å². The van der Waals surface area contributed by atoms with Crippen molar-refractivity contribution in [3.8, 4) is 23.8 Å². The monoisotopic (exact) mass is 489 g/mol. The molecule has 0 aliphatic heterocycles. The van der Waals surface area contributed by atoms with Gasteiger partial charge in [-0.15, -0.1) is 6.42 Å². The Labute approximate surface area is 203 Å². The van der Waals surface area contributed by atoms with Crippen molar-refractivity contribution in [2.75, 3.05) is 13.7 Å². The van der Waals surface area contributed by atoms with Gasteiger partial charge in [-0.3, -0.25) is 9.59 Å². The zero-order chi connectivity index (χ0) is 24.4. The molecule has 0 bridgehead atoms. The average Bonchev–Trinajstić information content (AvgIpc) is 2.77. The number of rotatable bonds is 10. The highest BCUT2D eigenvalue weighted by Crippen LogP contribution is 2.35. The van der Waals surface area contributed by atoms with Crippen LogP contribution in [0.5, 0.6) is 11.5 Å².